The summed E-state index contributed by atoms with van der Waals surface area (Å²) in [6.45, 7) is 3.72. The lowest BCUT2D eigenvalue weighted by molar-refractivity contribution is -0.147. The van der Waals surface area contributed by atoms with E-state index >= 15 is 0 Å². The first-order chi connectivity index (χ1) is 9.41. The Kier molecular flexibility index (Phi) is 2.61. The summed E-state index contributed by atoms with van der Waals surface area (Å²) in [4.78, 5) is 37.0. The lowest BCUT2D eigenvalue weighted by atomic mass is 9.68. The van der Waals surface area contributed by atoms with Gasteiger partial charge < -0.3 is 5.32 Å². The van der Waals surface area contributed by atoms with E-state index in [9.17, 15) is 14.4 Å². The van der Waals surface area contributed by atoms with Crippen molar-refractivity contribution in [1.29, 1.82) is 0 Å². The maximum Gasteiger partial charge on any atom is 0.239 e. The van der Waals surface area contributed by atoms with E-state index in [4.69, 9.17) is 0 Å². The van der Waals surface area contributed by atoms with Crippen LogP contribution >= 0.6 is 0 Å². The SMILES string of the molecule is CC1(C)[C@H]2CC[C@@]1(C(=O)Nc1ccccc1)C(=O)C2=O. The van der Waals surface area contributed by atoms with Crippen LogP contribution in [0.4, 0.5) is 5.69 Å². The molecular formula is C16H17NO3. The molecule has 1 N–H and O–H groups in total. The smallest absolute Gasteiger partial charge is 0.239 e. The third-order valence-corrected chi connectivity index (χ3v) is 5.13. The normalized spacial score (nSPS) is 30.6. The fraction of sp³-hybridized carbons (Fsp3) is 0.438. The zero-order valence-corrected chi connectivity index (χ0v) is 11.6. The molecule has 0 unspecified atom stereocenters. The molecule has 4 heteroatoms. The third-order valence-electron chi connectivity index (χ3n) is 5.13. The van der Waals surface area contributed by atoms with E-state index in [2.05, 4.69) is 5.32 Å². The Hall–Kier alpha value is -1.97. The molecule has 2 aliphatic carbocycles. The molecule has 0 aliphatic heterocycles. The second kappa shape index (κ2) is 4.01. The molecule has 1 aromatic rings. The highest BCUT2D eigenvalue weighted by molar-refractivity contribution is 6.48. The van der Waals surface area contributed by atoms with Crippen LogP contribution < -0.4 is 5.32 Å². The Morgan fingerprint density at radius 2 is 1.85 bits per heavy atom. The molecule has 20 heavy (non-hydrogen) atoms. The minimum atomic E-state index is -1.19. The van der Waals surface area contributed by atoms with Crippen LogP contribution in [0.2, 0.25) is 0 Å². The van der Waals surface area contributed by atoms with E-state index in [1.165, 1.54) is 0 Å². The van der Waals surface area contributed by atoms with E-state index in [0.717, 1.165) is 0 Å². The van der Waals surface area contributed by atoms with Gasteiger partial charge in [-0.25, -0.2) is 0 Å². The molecule has 1 amide bonds. The fourth-order valence-electron chi connectivity index (χ4n) is 3.84. The van der Waals surface area contributed by atoms with Gasteiger partial charge in [-0.15, -0.1) is 0 Å². The van der Waals surface area contributed by atoms with Gasteiger partial charge >= 0.3 is 0 Å². The summed E-state index contributed by atoms with van der Waals surface area (Å²) in [5.41, 5.74) is -1.14. The van der Waals surface area contributed by atoms with Gasteiger partial charge in [-0.05, 0) is 30.4 Å². The number of carbonyl (C=O) groups is 3. The highest BCUT2D eigenvalue weighted by Crippen LogP contribution is 2.62. The molecule has 104 valence electrons. The van der Waals surface area contributed by atoms with Gasteiger partial charge in [0, 0.05) is 11.6 Å². The Morgan fingerprint density at radius 1 is 1.20 bits per heavy atom. The predicted octanol–water partition coefficient (Wildman–Crippen LogP) is 2.20. The second-order valence-corrected chi connectivity index (χ2v) is 6.23. The fourth-order valence-corrected chi connectivity index (χ4v) is 3.84. The maximum absolute atomic E-state index is 12.7. The van der Waals surface area contributed by atoms with Gasteiger partial charge in [0.25, 0.3) is 0 Å². The lowest BCUT2D eigenvalue weighted by Crippen LogP contribution is -2.47. The number of amides is 1. The standard InChI is InChI=1S/C16H17NO3/c1-15(2)11-8-9-16(15,13(19)12(11)18)14(20)17-10-6-4-3-5-7-10/h3-7,11H,8-9H2,1-2H3,(H,17,20)/t11-,16-/m0/s1. The Labute approximate surface area is 117 Å². The monoisotopic (exact) mass is 271 g/mol. The van der Waals surface area contributed by atoms with Crippen LogP contribution in [0.25, 0.3) is 0 Å². The number of benzene rings is 1. The average molecular weight is 271 g/mol. The van der Waals surface area contributed by atoms with Gasteiger partial charge in [-0.1, -0.05) is 32.0 Å². The van der Waals surface area contributed by atoms with Crippen molar-refractivity contribution in [2.24, 2.45) is 16.7 Å². The second-order valence-electron chi connectivity index (χ2n) is 6.23. The van der Waals surface area contributed by atoms with Gasteiger partial charge in [-0.2, -0.15) is 0 Å². The molecule has 1 aromatic carbocycles. The number of nitrogens with one attached hydrogen (secondary N) is 1. The lowest BCUT2D eigenvalue weighted by Gasteiger charge is -2.33. The quantitative estimate of drug-likeness (QED) is 0.662. The molecule has 2 saturated carbocycles. The number of fused-ring (bicyclic) bond motifs is 2. The molecule has 0 spiro atoms. The number of hydrogen-bond acceptors (Lipinski definition) is 3. The molecule has 0 saturated heterocycles. The van der Waals surface area contributed by atoms with E-state index in [0.29, 0.717) is 18.5 Å². The summed E-state index contributed by atoms with van der Waals surface area (Å²) >= 11 is 0. The van der Waals surface area contributed by atoms with E-state index in [1.807, 2.05) is 32.0 Å². The van der Waals surface area contributed by atoms with Crippen molar-refractivity contribution in [2.45, 2.75) is 26.7 Å². The summed E-state index contributed by atoms with van der Waals surface area (Å²) in [5, 5.41) is 2.80. The van der Waals surface area contributed by atoms with Crippen LogP contribution in [0.15, 0.2) is 30.3 Å². The number of hydrogen-bond donors (Lipinski definition) is 1. The van der Waals surface area contributed by atoms with Crippen LogP contribution in [-0.4, -0.2) is 17.5 Å². The summed E-state index contributed by atoms with van der Waals surface area (Å²) in [6.07, 6.45) is 1.09. The van der Waals surface area contributed by atoms with E-state index in [1.54, 1.807) is 12.1 Å². The van der Waals surface area contributed by atoms with Crippen molar-refractivity contribution in [1.82, 2.24) is 0 Å². The van der Waals surface area contributed by atoms with Crippen LogP contribution in [0, 0.1) is 16.7 Å². The number of rotatable bonds is 2. The highest BCUT2D eigenvalue weighted by Gasteiger charge is 2.72. The van der Waals surface area contributed by atoms with Crippen LogP contribution in [0.1, 0.15) is 26.7 Å². The summed E-state index contributed by atoms with van der Waals surface area (Å²) in [5.74, 6) is -1.53. The Bertz CT molecular complexity index is 605. The minimum absolute atomic E-state index is 0.309. The highest BCUT2D eigenvalue weighted by atomic mass is 16.2. The molecule has 2 fully saturated rings. The molecule has 3 rings (SSSR count). The van der Waals surface area contributed by atoms with Gasteiger partial charge in [0.2, 0.25) is 17.5 Å². The van der Waals surface area contributed by atoms with Gasteiger partial charge in [0.15, 0.2) is 0 Å². The number of para-hydroxylation sites is 1. The molecule has 2 bridgehead atoms. The topological polar surface area (TPSA) is 63.2 Å². The van der Waals surface area contributed by atoms with Gasteiger partial charge in [0.1, 0.15) is 5.41 Å². The minimum Gasteiger partial charge on any atom is -0.325 e. The van der Waals surface area contributed by atoms with Crippen LogP contribution in [-0.2, 0) is 14.4 Å². The largest absolute Gasteiger partial charge is 0.325 e. The first-order valence-electron chi connectivity index (χ1n) is 6.86. The maximum atomic E-state index is 12.7. The number of anilines is 1. The molecule has 0 radical (unpaired) electrons. The summed E-state index contributed by atoms with van der Waals surface area (Å²) < 4.78 is 0. The van der Waals surface area contributed by atoms with Crippen molar-refractivity contribution >= 4 is 23.2 Å². The number of Topliss-reactive ketones (excluding diaryl/α,β-unsaturated/α-hetero) is 2. The van der Waals surface area contributed by atoms with Gasteiger partial charge in [-0.3, -0.25) is 14.4 Å². The first-order valence-corrected chi connectivity index (χ1v) is 6.86. The van der Waals surface area contributed by atoms with Crippen molar-refractivity contribution < 1.29 is 14.4 Å². The number of ketones is 2. The van der Waals surface area contributed by atoms with Crippen molar-refractivity contribution in [3.63, 3.8) is 0 Å². The van der Waals surface area contributed by atoms with Crippen molar-refractivity contribution in [2.75, 3.05) is 5.32 Å². The molecule has 2 aliphatic rings. The van der Waals surface area contributed by atoms with Gasteiger partial charge in [0.05, 0.1) is 0 Å². The van der Waals surface area contributed by atoms with Crippen molar-refractivity contribution in [3.05, 3.63) is 30.3 Å². The van der Waals surface area contributed by atoms with E-state index in [-0.39, 0.29) is 17.6 Å². The van der Waals surface area contributed by atoms with Crippen LogP contribution in [0.5, 0.6) is 0 Å². The van der Waals surface area contributed by atoms with Crippen LogP contribution in [0.3, 0.4) is 0 Å². The predicted molar refractivity (Wildman–Crippen MR) is 74.0 cm³/mol. The zero-order valence-electron chi connectivity index (χ0n) is 11.6. The summed E-state index contributed by atoms with van der Waals surface area (Å²) in [6, 6.07) is 9.03. The molecule has 0 aromatic heterocycles. The Morgan fingerprint density at radius 3 is 2.40 bits per heavy atom. The van der Waals surface area contributed by atoms with E-state index < -0.39 is 16.6 Å². The first kappa shape index (κ1) is 13.0. The zero-order chi connectivity index (χ0) is 14.5. The summed E-state index contributed by atoms with van der Waals surface area (Å²) in [7, 11) is 0. The van der Waals surface area contributed by atoms with Crippen molar-refractivity contribution in [3.8, 4) is 0 Å². The molecule has 0 heterocycles. The number of carbonyl (C=O) groups excluding carboxylic acids is 3. The molecule has 4 nitrogen and oxygen atoms in total. The molecule has 2 atom stereocenters. The molecular weight excluding hydrogens is 254 g/mol. The third kappa shape index (κ3) is 1.39. The Balaban J connectivity index is 1.98. The average Bonchev–Trinajstić information content (AvgIpc) is 2.76.